The zero-order valence-electron chi connectivity index (χ0n) is 14.2. The maximum Gasteiger partial charge on any atom is 0.292 e. The van der Waals surface area contributed by atoms with Gasteiger partial charge < -0.3 is 14.2 Å². The van der Waals surface area contributed by atoms with Crippen LogP contribution in [0.3, 0.4) is 0 Å². The molecule has 0 spiro atoms. The molecule has 26 heavy (non-hydrogen) atoms. The highest BCUT2D eigenvalue weighted by Gasteiger charge is 2.26. The molecule has 1 N–H and O–H groups in total. The summed E-state index contributed by atoms with van der Waals surface area (Å²) in [6.45, 7) is 1.07. The van der Waals surface area contributed by atoms with Crippen molar-refractivity contribution in [2.45, 2.75) is 12.8 Å². The van der Waals surface area contributed by atoms with E-state index in [0.717, 1.165) is 22.5 Å². The van der Waals surface area contributed by atoms with Crippen LogP contribution in [0.15, 0.2) is 34.9 Å². The van der Waals surface area contributed by atoms with Gasteiger partial charge in [-0.2, -0.15) is 5.10 Å². The summed E-state index contributed by atoms with van der Waals surface area (Å²) in [4.78, 5) is 14.3. The van der Waals surface area contributed by atoms with Crippen molar-refractivity contribution in [2.24, 2.45) is 0 Å². The molecule has 0 bridgehead atoms. The van der Waals surface area contributed by atoms with Gasteiger partial charge in [0, 0.05) is 36.3 Å². The first-order chi connectivity index (χ1) is 12.7. The molecule has 0 radical (unpaired) electrons. The van der Waals surface area contributed by atoms with Crippen molar-refractivity contribution in [2.75, 3.05) is 20.2 Å². The first-order valence-electron chi connectivity index (χ1n) is 8.27. The van der Waals surface area contributed by atoms with E-state index < -0.39 is 0 Å². The first kappa shape index (κ1) is 16.3. The van der Waals surface area contributed by atoms with E-state index >= 15 is 0 Å². The fourth-order valence-corrected chi connectivity index (χ4v) is 3.14. The summed E-state index contributed by atoms with van der Waals surface area (Å²) in [5, 5.41) is 11.1. The van der Waals surface area contributed by atoms with Crippen molar-refractivity contribution in [3.8, 4) is 17.1 Å². The molecule has 3 aromatic rings. The molecule has 3 heterocycles. The molecule has 0 aliphatic carbocycles. The predicted molar refractivity (Wildman–Crippen MR) is 90.3 cm³/mol. The lowest BCUT2D eigenvalue weighted by Gasteiger charge is -2.18. The highest BCUT2D eigenvalue weighted by molar-refractivity contribution is 5.91. The van der Waals surface area contributed by atoms with E-state index in [0.29, 0.717) is 25.9 Å². The number of methoxy groups -OCH3 is 1. The zero-order chi connectivity index (χ0) is 18.1. The van der Waals surface area contributed by atoms with E-state index in [1.807, 2.05) is 0 Å². The molecule has 1 aliphatic heterocycles. The van der Waals surface area contributed by atoms with E-state index in [4.69, 9.17) is 9.26 Å². The number of hydrogen-bond acceptors (Lipinski definition) is 5. The van der Waals surface area contributed by atoms with Crippen LogP contribution in [0.5, 0.6) is 5.88 Å². The van der Waals surface area contributed by atoms with E-state index in [-0.39, 0.29) is 23.4 Å². The second-order valence-corrected chi connectivity index (χ2v) is 6.06. The highest BCUT2D eigenvalue weighted by Crippen LogP contribution is 2.27. The largest absolute Gasteiger partial charge is 0.479 e. The van der Waals surface area contributed by atoms with Gasteiger partial charge in [-0.05, 0) is 35.8 Å². The van der Waals surface area contributed by atoms with Gasteiger partial charge >= 0.3 is 0 Å². The lowest BCUT2D eigenvalue weighted by atomic mass is 10.0. The Kier molecular flexibility index (Phi) is 4.16. The van der Waals surface area contributed by atoms with Gasteiger partial charge in [-0.15, -0.1) is 0 Å². The van der Waals surface area contributed by atoms with Crippen molar-refractivity contribution in [1.82, 2.24) is 20.3 Å². The van der Waals surface area contributed by atoms with Crippen LogP contribution in [0, 0.1) is 5.82 Å². The Bertz CT molecular complexity index is 932. The number of carbonyl (C=O) groups excluding carboxylic acids is 1. The van der Waals surface area contributed by atoms with Crippen LogP contribution in [-0.2, 0) is 12.8 Å². The second kappa shape index (κ2) is 6.62. The van der Waals surface area contributed by atoms with Crippen molar-refractivity contribution in [1.29, 1.82) is 0 Å². The molecule has 1 aromatic carbocycles. The van der Waals surface area contributed by atoms with Crippen LogP contribution in [0.1, 0.15) is 21.8 Å². The van der Waals surface area contributed by atoms with E-state index in [9.17, 15) is 9.18 Å². The topological polar surface area (TPSA) is 84.2 Å². The number of ether oxygens (including phenoxy) is 1. The monoisotopic (exact) mass is 356 g/mol. The maximum atomic E-state index is 13.2. The Morgan fingerprint density at radius 1 is 1.27 bits per heavy atom. The smallest absolute Gasteiger partial charge is 0.292 e. The van der Waals surface area contributed by atoms with Crippen molar-refractivity contribution in [3.63, 3.8) is 0 Å². The van der Waals surface area contributed by atoms with E-state index in [1.54, 1.807) is 17.0 Å². The minimum Gasteiger partial charge on any atom is -0.479 e. The normalized spacial score (nSPS) is 14.0. The fraction of sp³-hybridized carbons (Fsp3) is 0.278. The third-order valence-electron chi connectivity index (χ3n) is 4.53. The van der Waals surface area contributed by atoms with Gasteiger partial charge in [0.05, 0.1) is 18.9 Å². The van der Waals surface area contributed by atoms with Crippen LogP contribution in [0.25, 0.3) is 11.3 Å². The van der Waals surface area contributed by atoms with Crippen molar-refractivity contribution >= 4 is 5.91 Å². The number of H-pyrrole nitrogens is 1. The quantitative estimate of drug-likeness (QED) is 0.779. The standard InChI is InChI=1S/C18H17FN4O3/c1-25-16-10-15(26-22-16)18(24)23-8-6-13-14(7-9-23)20-21-17(13)11-2-4-12(19)5-3-11/h2-5,10H,6-9H2,1H3,(H,20,21). The number of halogens is 1. The van der Waals surface area contributed by atoms with Gasteiger partial charge in [0.2, 0.25) is 5.76 Å². The average Bonchev–Trinajstić information content (AvgIpc) is 3.24. The number of benzene rings is 1. The molecule has 0 unspecified atom stereocenters. The molecule has 0 saturated carbocycles. The zero-order valence-corrected chi connectivity index (χ0v) is 14.2. The highest BCUT2D eigenvalue weighted by atomic mass is 19.1. The summed E-state index contributed by atoms with van der Waals surface area (Å²) in [6.07, 6.45) is 1.30. The van der Waals surface area contributed by atoms with Gasteiger partial charge in [-0.1, -0.05) is 0 Å². The average molecular weight is 356 g/mol. The van der Waals surface area contributed by atoms with Crippen LogP contribution in [0.2, 0.25) is 0 Å². The molecule has 8 heteroatoms. The van der Waals surface area contributed by atoms with E-state index in [2.05, 4.69) is 15.4 Å². The Labute approximate surface area is 148 Å². The number of aromatic nitrogens is 3. The minimum atomic E-state index is -0.283. The van der Waals surface area contributed by atoms with Crippen molar-refractivity contribution < 1.29 is 18.4 Å². The predicted octanol–water partition coefficient (Wildman–Crippen LogP) is 2.45. The Morgan fingerprint density at radius 2 is 2.04 bits per heavy atom. The summed E-state index contributed by atoms with van der Waals surface area (Å²) in [5.41, 5.74) is 3.70. The molecular weight excluding hydrogens is 339 g/mol. The summed E-state index contributed by atoms with van der Waals surface area (Å²) in [5.74, 6) is -0.0719. The van der Waals surface area contributed by atoms with Gasteiger partial charge in [-0.25, -0.2) is 4.39 Å². The molecule has 0 atom stereocenters. The van der Waals surface area contributed by atoms with Crippen LogP contribution < -0.4 is 4.74 Å². The molecule has 0 saturated heterocycles. The number of fused-ring (bicyclic) bond motifs is 1. The summed E-state index contributed by atoms with van der Waals surface area (Å²) in [6, 6.07) is 7.74. The van der Waals surface area contributed by atoms with Crippen LogP contribution >= 0.6 is 0 Å². The minimum absolute atomic E-state index is 0.157. The van der Waals surface area contributed by atoms with Gasteiger partial charge in [-0.3, -0.25) is 9.89 Å². The number of rotatable bonds is 3. The second-order valence-electron chi connectivity index (χ2n) is 6.06. The SMILES string of the molecule is COc1cc(C(=O)N2CCc3[nH]nc(-c4ccc(F)cc4)c3CC2)on1. The number of amides is 1. The molecule has 0 fully saturated rings. The molecule has 4 rings (SSSR count). The van der Waals surface area contributed by atoms with Crippen LogP contribution in [0.4, 0.5) is 4.39 Å². The van der Waals surface area contributed by atoms with E-state index in [1.165, 1.54) is 25.3 Å². The Hall–Kier alpha value is -3.16. The molecular formula is C18H17FN4O3. The number of aromatic amines is 1. The molecule has 1 aliphatic rings. The van der Waals surface area contributed by atoms with Gasteiger partial charge in [0.25, 0.3) is 11.8 Å². The first-order valence-corrected chi connectivity index (χ1v) is 8.27. The summed E-state index contributed by atoms with van der Waals surface area (Å²) < 4.78 is 23.2. The third kappa shape index (κ3) is 2.94. The Morgan fingerprint density at radius 3 is 2.77 bits per heavy atom. The maximum absolute atomic E-state index is 13.2. The number of carbonyl (C=O) groups is 1. The lowest BCUT2D eigenvalue weighted by molar-refractivity contribution is 0.0720. The van der Waals surface area contributed by atoms with Crippen LogP contribution in [-0.4, -0.2) is 46.4 Å². The molecule has 7 nitrogen and oxygen atoms in total. The fourth-order valence-electron chi connectivity index (χ4n) is 3.14. The molecule has 1 amide bonds. The Balaban J connectivity index is 1.54. The van der Waals surface area contributed by atoms with Crippen molar-refractivity contribution in [3.05, 3.63) is 53.2 Å². The van der Waals surface area contributed by atoms with Gasteiger partial charge in [0.15, 0.2) is 0 Å². The molecule has 134 valence electrons. The third-order valence-corrected chi connectivity index (χ3v) is 4.53. The van der Waals surface area contributed by atoms with Gasteiger partial charge in [0.1, 0.15) is 5.82 Å². The summed E-state index contributed by atoms with van der Waals surface area (Å²) in [7, 11) is 1.47. The summed E-state index contributed by atoms with van der Waals surface area (Å²) >= 11 is 0. The number of nitrogens with zero attached hydrogens (tertiary/aromatic N) is 3. The number of hydrogen-bond donors (Lipinski definition) is 1. The molecule has 2 aromatic heterocycles. The number of nitrogens with one attached hydrogen (secondary N) is 1. The lowest BCUT2D eigenvalue weighted by Crippen LogP contribution is -2.33.